The molecule has 1 atom stereocenters. The zero-order valence-electron chi connectivity index (χ0n) is 9.01. The number of rotatable bonds is 4. The van der Waals surface area contributed by atoms with Crippen molar-refractivity contribution in [1.82, 2.24) is 4.98 Å². The van der Waals surface area contributed by atoms with E-state index in [9.17, 15) is 9.90 Å². The van der Waals surface area contributed by atoms with Crippen molar-refractivity contribution in [3.8, 4) is 0 Å². The van der Waals surface area contributed by atoms with Crippen LogP contribution in [0.15, 0.2) is 23.4 Å². The molecule has 4 nitrogen and oxygen atoms in total. The molecule has 1 aliphatic carbocycles. The minimum atomic E-state index is -0.765. The Hall–Kier alpha value is -1.23. The van der Waals surface area contributed by atoms with Crippen LogP contribution >= 0.6 is 11.8 Å². The Labute approximate surface area is 98.3 Å². The molecular weight excluding hydrogens is 224 g/mol. The van der Waals surface area contributed by atoms with E-state index in [1.807, 2.05) is 0 Å². The zero-order valence-corrected chi connectivity index (χ0v) is 9.83. The standard InChI is InChI=1S/C11H14N2O2S/c1-11(10(14)15,7-2-3-7)16-9-5-4-8(12)6-13-9/h4-7H,2-3,12H2,1H3,(H,14,15). The van der Waals surface area contributed by atoms with Crippen LogP contribution in [0.5, 0.6) is 0 Å². The summed E-state index contributed by atoms with van der Waals surface area (Å²) < 4.78 is -0.761. The second-order valence-electron chi connectivity index (χ2n) is 4.22. The van der Waals surface area contributed by atoms with E-state index in [-0.39, 0.29) is 5.92 Å². The number of aliphatic carboxylic acids is 1. The lowest BCUT2D eigenvalue weighted by atomic mass is 10.1. The molecule has 1 fully saturated rings. The van der Waals surface area contributed by atoms with Crippen LogP contribution in [-0.4, -0.2) is 20.8 Å². The lowest BCUT2D eigenvalue weighted by Gasteiger charge is -2.23. The second kappa shape index (κ2) is 3.97. The molecule has 1 aromatic heterocycles. The van der Waals surface area contributed by atoms with Crippen molar-refractivity contribution in [2.24, 2.45) is 5.92 Å². The van der Waals surface area contributed by atoms with Crippen LogP contribution in [0.1, 0.15) is 19.8 Å². The van der Waals surface area contributed by atoms with Crippen molar-refractivity contribution in [2.75, 3.05) is 5.73 Å². The zero-order chi connectivity index (χ0) is 11.8. The number of nitrogens with two attached hydrogens (primary N) is 1. The van der Waals surface area contributed by atoms with Crippen molar-refractivity contribution >= 4 is 23.4 Å². The molecule has 0 bridgehead atoms. The molecule has 16 heavy (non-hydrogen) atoms. The van der Waals surface area contributed by atoms with Gasteiger partial charge in [0.2, 0.25) is 0 Å². The summed E-state index contributed by atoms with van der Waals surface area (Å²) in [6.45, 7) is 1.77. The van der Waals surface area contributed by atoms with Gasteiger partial charge in [0.25, 0.3) is 0 Å². The highest BCUT2D eigenvalue weighted by Crippen LogP contribution is 2.49. The predicted molar refractivity (Wildman–Crippen MR) is 63.3 cm³/mol. The number of nitrogen functional groups attached to an aromatic ring is 1. The van der Waals surface area contributed by atoms with Gasteiger partial charge in [-0.1, -0.05) is 11.8 Å². The lowest BCUT2D eigenvalue weighted by Crippen LogP contribution is -2.33. The van der Waals surface area contributed by atoms with Gasteiger partial charge in [0.1, 0.15) is 4.75 Å². The molecule has 0 aromatic carbocycles. The van der Waals surface area contributed by atoms with Crippen LogP contribution in [0.4, 0.5) is 5.69 Å². The number of hydrogen-bond acceptors (Lipinski definition) is 4. The van der Waals surface area contributed by atoms with Crippen LogP contribution in [0.3, 0.4) is 0 Å². The van der Waals surface area contributed by atoms with Crippen molar-refractivity contribution < 1.29 is 9.90 Å². The fourth-order valence-corrected chi connectivity index (χ4v) is 2.77. The first-order chi connectivity index (χ1) is 7.52. The van der Waals surface area contributed by atoms with Gasteiger partial charge in [0.05, 0.1) is 16.9 Å². The molecule has 1 aliphatic rings. The maximum absolute atomic E-state index is 11.3. The molecule has 86 valence electrons. The lowest BCUT2D eigenvalue weighted by molar-refractivity contribution is -0.139. The van der Waals surface area contributed by atoms with Crippen molar-refractivity contribution in [3.05, 3.63) is 18.3 Å². The molecule has 0 amide bonds. The molecule has 0 aliphatic heterocycles. The summed E-state index contributed by atoms with van der Waals surface area (Å²) in [5.41, 5.74) is 6.12. The Balaban J connectivity index is 2.17. The van der Waals surface area contributed by atoms with E-state index >= 15 is 0 Å². The molecule has 0 spiro atoms. The van der Waals surface area contributed by atoms with Gasteiger partial charge in [-0.3, -0.25) is 4.79 Å². The van der Waals surface area contributed by atoms with E-state index in [1.54, 1.807) is 25.3 Å². The van der Waals surface area contributed by atoms with Gasteiger partial charge >= 0.3 is 5.97 Å². The molecule has 1 saturated carbocycles. The van der Waals surface area contributed by atoms with E-state index < -0.39 is 10.7 Å². The van der Waals surface area contributed by atoms with Gasteiger partial charge < -0.3 is 10.8 Å². The number of carbonyl (C=O) groups is 1. The molecule has 3 N–H and O–H groups in total. The molecule has 1 unspecified atom stereocenters. The minimum Gasteiger partial charge on any atom is -0.480 e. The van der Waals surface area contributed by atoms with E-state index in [1.165, 1.54) is 11.8 Å². The smallest absolute Gasteiger partial charge is 0.320 e. The van der Waals surface area contributed by atoms with Crippen LogP contribution in [0.25, 0.3) is 0 Å². The fourth-order valence-electron chi connectivity index (χ4n) is 1.61. The Kier molecular flexibility index (Phi) is 2.80. The van der Waals surface area contributed by atoms with E-state index in [0.29, 0.717) is 10.7 Å². The minimum absolute atomic E-state index is 0.259. The van der Waals surface area contributed by atoms with Crippen LogP contribution in [0.2, 0.25) is 0 Å². The molecule has 0 saturated heterocycles. The van der Waals surface area contributed by atoms with Crippen LogP contribution in [-0.2, 0) is 4.79 Å². The van der Waals surface area contributed by atoms with Gasteiger partial charge in [0.15, 0.2) is 0 Å². The summed E-state index contributed by atoms with van der Waals surface area (Å²) in [5.74, 6) is -0.507. The fraction of sp³-hybridized carbons (Fsp3) is 0.455. The van der Waals surface area contributed by atoms with Crippen LogP contribution in [0, 0.1) is 5.92 Å². The average Bonchev–Trinajstić information content (AvgIpc) is 3.04. The molecule has 1 heterocycles. The summed E-state index contributed by atoms with van der Waals surface area (Å²) in [5, 5.41) is 10.00. The number of pyridine rings is 1. The highest BCUT2D eigenvalue weighted by Gasteiger charge is 2.48. The monoisotopic (exact) mass is 238 g/mol. The number of nitrogens with zero attached hydrogens (tertiary/aromatic N) is 1. The third-order valence-electron chi connectivity index (χ3n) is 2.86. The van der Waals surface area contributed by atoms with Gasteiger partial charge in [0, 0.05) is 0 Å². The number of aromatic nitrogens is 1. The maximum atomic E-state index is 11.3. The number of carboxylic acids is 1. The molecular formula is C11H14N2O2S. The van der Waals surface area contributed by atoms with E-state index in [0.717, 1.165) is 12.8 Å². The summed E-state index contributed by atoms with van der Waals surface area (Å²) in [7, 11) is 0. The van der Waals surface area contributed by atoms with E-state index in [2.05, 4.69) is 4.98 Å². The number of thioether (sulfide) groups is 1. The molecule has 2 rings (SSSR count). The van der Waals surface area contributed by atoms with Crippen LogP contribution < -0.4 is 5.73 Å². The van der Waals surface area contributed by atoms with Gasteiger partial charge in [-0.2, -0.15) is 0 Å². The number of hydrogen-bond donors (Lipinski definition) is 2. The van der Waals surface area contributed by atoms with Gasteiger partial charge in [-0.05, 0) is 37.8 Å². The Bertz CT molecular complexity index is 403. The molecule has 5 heteroatoms. The number of carboxylic acid groups (broad SMARTS) is 1. The molecule has 1 aromatic rings. The highest BCUT2D eigenvalue weighted by atomic mass is 32.2. The Morgan fingerprint density at radius 3 is 2.75 bits per heavy atom. The Morgan fingerprint density at radius 2 is 2.31 bits per heavy atom. The maximum Gasteiger partial charge on any atom is 0.320 e. The first-order valence-corrected chi connectivity index (χ1v) is 5.98. The summed E-state index contributed by atoms with van der Waals surface area (Å²) in [6.07, 6.45) is 3.53. The summed E-state index contributed by atoms with van der Waals surface area (Å²) >= 11 is 1.31. The molecule has 0 radical (unpaired) electrons. The third kappa shape index (κ3) is 2.14. The van der Waals surface area contributed by atoms with E-state index in [4.69, 9.17) is 5.73 Å². The largest absolute Gasteiger partial charge is 0.480 e. The Morgan fingerprint density at radius 1 is 1.62 bits per heavy atom. The van der Waals surface area contributed by atoms with Crippen molar-refractivity contribution in [1.29, 1.82) is 0 Å². The average molecular weight is 238 g/mol. The SMILES string of the molecule is CC(Sc1ccc(N)cn1)(C(=O)O)C1CC1. The summed E-state index contributed by atoms with van der Waals surface area (Å²) in [4.78, 5) is 15.4. The quantitative estimate of drug-likeness (QED) is 0.785. The van der Waals surface area contributed by atoms with Gasteiger partial charge in [-0.25, -0.2) is 4.98 Å². The first kappa shape index (κ1) is 11.3. The predicted octanol–water partition coefficient (Wildman–Crippen LogP) is 2.01. The summed E-state index contributed by atoms with van der Waals surface area (Å²) in [6, 6.07) is 3.51. The second-order valence-corrected chi connectivity index (χ2v) is 5.69. The normalized spacial score (nSPS) is 19.1. The van der Waals surface area contributed by atoms with Crippen molar-refractivity contribution in [3.63, 3.8) is 0 Å². The topological polar surface area (TPSA) is 76.2 Å². The third-order valence-corrected chi connectivity index (χ3v) is 4.24. The highest BCUT2D eigenvalue weighted by molar-refractivity contribution is 8.01. The number of anilines is 1. The first-order valence-electron chi connectivity index (χ1n) is 5.16. The van der Waals surface area contributed by atoms with Gasteiger partial charge in [-0.15, -0.1) is 0 Å². The van der Waals surface area contributed by atoms with Crippen molar-refractivity contribution in [2.45, 2.75) is 29.5 Å².